The molecule has 0 unspecified atom stereocenters. The van der Waals surface area contributed by atoms with Crippen molar-refractivity contribution >= 4 is 29.9 Å². The zero-order chi connectivity index (χ0) is 22.8. The normalized spacial score (nSPS) is 10.8. The first-order valence-electron chi connectivity index (χ1n) is 10.6. The molecule has 176 valence electrons. The van der Waals surface area contributed by atoms with Crippen molar-refractivity contribution in [3.63, 3.8) is 0 Å². The molecule has 8 heteroatoms. The van der Waals surface area contributed by atoms with Crippen molar-refractivity contribution in [3.05, 3.63) is 93.9 Å². The van der Waals surface area contributed by atoms with Gasteiger partial charge in [-0.05, 0) is 36.2 Å². The van der Waals surface area contributed by atoms with Crippen molar-refractivity contribution in [3.8, 4) is 11.5 Å². The summed E-state index contributed by atoms with van der Waals surface area (Å²) in [6.07, 6.45) is 1.80. The van der Waals surface area contributed by atoms with Crippen LogP contribution in [0.25, 0.3) is 0 Å². The molecule has 7 nitrogen and oxygen atoms in total. The summed E-state index contributed by atoms with van der Waals surface area (Å²) >= 11 is 0. The van der Waals surface area contributed by atoms with Gasteiger partial charge in [-0.25, -0.2) is 4.99 Å². The first kappa shape index (κ1) is 26.2. The molecule has 2 aromatic carbocycles. The number of aliphatic imine (C=N–C) groups is 1. The van der Waals surface area contributed by atoms with Crippen LogP contribution in [0, 0.1) is 0 Å². The van der Waals surface area contributed by atoms with Gasteiger partial charge in [-0.2, -0.15) is 0 Å². The zero-order valence-electron chi connectivity index (χ0n) is 19.2. The molecule has 2 N–H and O–H groups in total. The van der Waals surface area contributed by atoms with Crippen molar-refractivity contribution < 1.29 is 9.47 Å². The predicted molar refractivity (Wildman–Crippen MR) is 143 cm³/mol. The third-order valence-corrected chi connectivity index (χ3v) is 4.98. The van der Waals surface area contributed by atoms with E-state index in [9.17, 15) is 4.79 Å². The summed E-state index contributed by atoms with van der Waals surface area (Å²) in [4.78, 5) is 16.6. The van der Waals surface area contributed by atoms with Gasteiger partial charge in [-0.1, -0.05) is 30.3 Å². The molecule has 0 aliphatic carbocycles. The van der Waals surface area contributed by atoms with Crippen molar-refractivity contribution in [2.75, 3.05) is 20.8 Å². The van der Waals surface area contributed by atoms with Crippen LogP contribution in [0.5, 0.6) is 11.5 Å². The van der Waals surface area contributed by atoms with Gasteiger partial charge in [-0.3, -0.25) is 4.79 Å². The van der Waals surface area contributed by atoms with E-state index in [4.69, 9.17) is 9.47 Å². The number of ether oxygens (including phenoxy) is 2. The van der Waals surface area contributed by atoms with Crippen LogP contribution in [0.2, 0.25) is 0 Å². The lowest BCUT2D eigenvalue weighted by Crippen LogP contribution is -2.36. The standard InChI is InChI=1S/C25H30N4O3.HI/c1-4-26-25(28-17-21-12-13-22(31-2)15-23(21)32-3)27-16-19-8-10-20(11-9-19)18-29-14-6-5-7-24(29)30;/h5-15H,4,16-18H2,1-3H3,(H2,26,27,28);1H. The maximum atomic E-state index is 11.9. The summed E-state index contributed by atoms with van der Waals surface area (Å²) in [5.74, 6) is 2.25. The molecule has 0 amide bonds. The lowest BCUT2D eigenvalue weighted by atomic mass is 10.1. The maximum absolute atomic E-state index is 11.9. The van der Waals surface area contributed by atoms with Gasteiger partial charge in [0.15, 0.2) is 5.96 Å². The van der Waals surface area contributed by atoms with Gasteiger partial charge in [0, 0.05) is 37.0 Å². The van der Waals surface area contributed by atoms with Gasteiger partial charge in [-0.15, -0.1) is 24.0 Å². The second kappa shape index (κ2) is 13.5. The predicted octanol–water partition coefficient (Wildman–Crippen LogP) is 3.79. The number of pyridine rings is 1. The van der Waals surface area contributed by atoms with Crippen molar-refractivity contribution in [2.45, 2.75) is 26.6 Å². The summed E-state index contributed by atoms with van der Waals surface area (Å²) in [5, 5.41) is 6.62. The van der Waals surface area contributed by atoms with Crippen molar-refractivity contribution in [1.82, 2.24) is 15.2 Å². The third kappa shape index (κ3) is 7.81. The van der Waals surface area contributed by atoms with E-state index in [0.717, 1.165) is 40.7 Å². The maximum Gasteiger partial charge on any atom is 0.250 e. The Morgan fingerprint density at radius 1 is 0.970 bits per heavy atom. The smallest absolute Gasteiger partial charge is 0.250 e. The Morgan fingerprint density at radius 2 is 1.73 bits per heavy atom. The van der Waals surface area contributed by atoms with E-state index < -0.39 is 0 Å². The van der Waals surface area contributed by atoms with Gasteiger partial charge in [0.1, 0.15) is 11.5 Å². The molecule has 0 saturated heterocycles. The van der Waals surface area contributed by atoms with E-state index >= 15 is 0 Å². The average molecular weight is 562 g/mol. The quantitative estimate of drug-likeness (QED) is 0.236. The van der Waals surface area contributed by atoms with Crippen LogP contribution in [0.4, 0.5) is 0 Å². The second-order valence-corrected chi connectivity index (χ2v) is 7.21. The molecular formula is C25H31IN4O3. The number of hydrogen-bond donors (Lipinski definition) is 2. The third-order valence-electron chi connectivity index (χ3n) is 4.98. The topological polar surface area (TPSA) is 76.9 Å². The highest BCUT2D eigenvalue weighted by Crippen LogP contribution is 2.24. The zero-order valence-corrected chi connectivity index (χ0v) is 21.5. The van der Waals surface area contributed by atoms with E-state index in [-0.39, 0.29) is 29.5 Å². The SMILES string of the molecule is CCNC(=NCc1ccc(Cn2ccccc2=O)cc1)NCc1ccc(OC)cc1OC.I. The van der Waals surface area contributed by atoms with E-state index in [1.165, 1.54) is 0 Å². The van der Waals surface area contributed by atoms with E-state index in [1.54, 1.807) is 37.1 Å². The number of rotatable bonds is 9. The Balaban J connectivity index is 0.00000385. The Morgan fingerprint density at radius 3 is 2.39 bits per heavy atom. The fraction of sp³-hybridized carbons (Fsp3) is 0.280. The van der Waals surface area contributed by atoms with Crippen molar-refractivity contribution in [2.24, 2.45) is 4.99 Å². The van der Waals surface area contributed by atoms with Crippen LogP contribution in [-0.2, 0) is 19.6 Å². The van der Waals surface area contributed by atoms with Crippen molar-refractivity contribution in [1.29, 1.82) is 0 Å². The lowest BCUT2D eigenvalue weighted by Gasteiger charge is -2.14. The van der Waals surface area contributed by atoms with Crippen LogP contribution in [0.15, 0.2) is 76.6 Å². The minimum absolute atomic E-state index is 0. The van der Waals surface area contributed by atoms with Crippen LogP contribution < -0.4 is 25.7 Å². The molecule has 0 bridgehead atoms. The van der Waals surface area contributed by atoms with Crippen LogP contribution in [0.1, 0.15) is 23.6 Å². The molecule has 3 rings (SSSR count). The number of halogens is 1. The monoisotopic (exact) mass is 562 g/mol. The minimum Gasteiger partial charge on any atom is -0.497 e. The Labute approximate surface area is 211 Å². The number of nitrogens with zero attached hydrogens (tertiary/aromatic N) is 2. The fourth-order valence-electron chi connectivity index (χ4n) is 3.23. The van der Waals surface area contributed by atoms with Gasteiger partial charge >= 0.3 is 0 Å². The summed E-state index contributed by atoms with van der Waals surface area (Å²) in [5.41, 5.74) is 3.17. The molecule has 33 heavy (non-hydrogen) atoms. The molecule has 0 spiro atoms. The van der Waals surface area contributed by atoms with Crippen LogP contribution in [0.3, 0.4) is 0 Å². The molecule has 0 saturated carbocycles. The number of nitrogens with one attached hydrogen (secondary N) is 2. The minimum atomic E-state index is -0.00368. The van der Waals surface area contributed by atoms with Crippen LogP contribution >= 0.6 is 24.0 Å². The summed E-state index contributed by atoms with van der Waals surface area (Å²) < 4.78 is 12.4. The van der Waals surface area contributed by atoms with E-state index in [0.29, 0.717) is 19.6 Å². The molecule has 0 aliphatic heterocycles. The molecular weight excluding hydrogens is 531 g/mol. The average Bonchev–Trinajstić information content (AvgIpc) is 2.83. The number of methoxy groups -OCH3 is 2. The molecule has 3 aromatic rings. The Kier molecular flexibility index (Phi) is 10.8. The van der Waals surface area contributed by atoms with Gasteiger partial charge in [0.25, 0.3) is 5.56 Å². The highest BCUT2D eigenvalue weighted by Gasteiger charge is 2.06. The van der Waals surface area contributed by atoms with E-state index in [1.807, 2.05) is 55.5 Å². The Bertz CT molecular complexity index is 1100. The molecule has 0 radical (unpaired) electrons. The number of guanidine groups is 1. The largest absolute Gasteiger partial charge is 0.497 e. The first-order chi connectivity index (χ1) is 15.6. The number of hydrogen-bond acceptors (Lipinski definition) is 4. The van der Waals surface area contributed by atoms with Gasteiger partial charge in [0.2, 0.25) is 0 Å². The molecule has 1 heterocycles. The molecule has 1 aromatic heterocycles. The lowest BCUT2D eigenvalue weighted by molar-refractivity contribution is 0.390. The summed E-state index contributed by atoms with van der Waals surface area (Å²) in [7, 11) is 3.28. The highest BCUT2D eigenvalue weighted by atomic mass is 127. The summed E-state index contributed by atoms with van der Waals surface area (Å²) in [6, 6.07) is 19.1. The van der Waals surface area contributed by atoms with E-state index in [2.05, 4.69) is 15.6 Å². The summed E-state index contributed by atoms with van der Waals surface area (Å²) in [6.45, 7) is 4.46. The fourth-order valence-corrected chi connectivity index (χ4v) is 3.23. The van der Waals surface area contributed by atoms with Crippen LogP contribution in [-0.4, -0.2) is 31.3 Å². The Hall–Kier alpha value is -3.01. The highest BCUT2D eigenvalue weighted by molar-refractivity contribution is 14.0. The first-order valence-corrected chi connectivity index (χ1v) is 10.6. The second-order valence-electron chi connectivity index (χ2n) is 7.21. The van der Waals surface area contributed by atoms with Gasteiger partial charge in [0.05, 0.1) is 27.3 Å². The molecule has 0 aliphatic rings. The number of benzene rings is 2. The molecule has 0 fully saturated rings. The molecule has 0 atom stereocenters. The number of aromatic nitrogens is 1. The van der Waals surface area contributed by atoms with Gasteiger partial charge < -0.3 is 24.7 Å².